The Balaban J connectivity index is 2.21. The molecular weight excluding hydrogens is 708 g/mol. The Hall–Kier alpha value is -1.73. The van der Waals surface area contributed by atoms with Crippen molar-refractivity contribution >= 4 is 5.97 Å². The zero-order valence-electron chi connectivity index (χ0n) is 34.7. The molecule has 0 aromatic heterocycles. The number of likely N-dealkylation sites (N-methyl/N-ethyl adjacent to an activating group) is 1. The van der Waals surface area contributed by atoms with E-state index in [0.29, 0.717) is 19.4 Å². The molecule has 0 aliphatic carbocycles. The van der Waals surface area contributed by atoms with Crippen LogP contribution in [0.15, 0.2) is 0 Å². The van der Waals surface area contributed by atoms with Crippen LogP contribution in [0.1, 0.15) is 108 Å². The quantitative estimate of drug-likeness (QED) is 0.151. The maximum atomic E-state index is 14.2. The van der Waals surface area contributed by atoms with Gasteiger partial charge in [0.15, 0.2) is 18.7 Å². The van der Waals surface area contributed by atoms with Crippen LogP contribution in [0.25, 0.3) is 0 Å². The van der Waals surface area contributed by atoms with E-state index in [9.17, 15) is 35.3 Å². The minimum atomic E-state index is -1.84. The Labute approximate surface area is 321 Å². The number of nitrogens with zero attached hydrogens (tertiary/aromatic N) is 2. The van der Waals surface area contributed by atoms with Gasteiger partial charge in [-0.15, -0.1) is 10.1 Å². The average Bonchev–Trinajstić information content (AvgIpc) is 3.08. The van der Waals surface area contributed by atoms with E-state index in [1.54, 1.807) is 55.5 Å². The molecule has 54 heavy (non-hydrogen) atoms. The van der Waals surface area contributed by atoms with Crippen molar-refractivity contribution in [2.24, 2.45) is 23.7 Å². The Morgan fingerprint density at radius 1 is 0.944 bits per heavy atom. The third kappa shape index (κ3) is 10.6. The Morgan fingerprint density at radius 3 is 2.13 bits per heavy atom. The number of methoxy groups -OCH3 is 1. The van der Waals surface area contributed by atoms with Gasteiger partial charge in [-0.2, -0.15) is 0 Å². The average molecular weight is 779 g/mol. The third-order valence-corrected chi connectivity index (χ3v) is 12.4. The molecule has 316 valence electrons. The molecule has 0 bridgehead atoms. The second-order valence-electron chi connectivity index (χ2n) is 17.1. The number of carbonyl (C=O) groups excluding carboxylic acids is 1. The van der Waals surface area contributed by atoms with Gasteiger partial charge in [-0.3, -0.25) is 4.79 Å². The van der Waals surface area contributed by atoms with Gasteiger partial charge in [0.2, 0.25) is 0 Å². The fourth-order valence-electron chi connectivity index (χ4n) is 8.97. The monoisotopic (exact) mass is 778 g/mol. The van der Waals surface area contributed by atoms with Gasteiger partial charge in [0.05, 0.1) is 41.5 Å². The van der Waals surface area contributed by atoms with Crippen LogP contribution in [-0.4, -0.2) is 141 Å². The van der Waals surface area contributed by atoms with E-state index in [2.05, 4.69) is 0 Å². The van der Waals surface area contributed by atoms with E-state index in [1.807, 2.05) is 25.7 Å². The molecule has 4 N–H and O–H groups in total. The van der Waals surface area contributed by atoms with Gasteiger partial charge in [0.1, 0.15) is 23.9 Å². The van der Waals surface area contributed by atoms with Crippen LogP contribution >= 0.6 is 0 Å². The standard InChI is InChI=1S/C38H70N2O14/c1-14-26-16-21(4)49-35(30(26)54-40(46)47)53-33-22(5)29(52-28-18-37(10,48-13)32(42)25(8)50-28)23(6)34(43)51-27(15-2)38(11,45)31(41)24(7)39(12)19-20(3)17-36(33,9)44/h20-33,35,41-42,44-45H,14-19H2,1-13H3/t20-,21-,22+,23-,24-,25+,26?,27-,28+,29+,30-,31-,32+,33-,35+,36-,37-,38-/m1/s1. The summed E-state index contributed by atoms with van der Waals surface area (Å²) < 4.78 is 37.5. The van der Waals surface area contributed by atoms with Crippen LogP contribution in [0.5, 0.6) is 0 Å². The summed E-state index contributed by atoms with van der Waals surface area (Å²) in [6.45, 7) is 19.5. The highest BCUT2D eigenvalue weighted by Crippen LogP contribution is 2.41. The summed E-state index contributed by atoms with van der Waals surface area (Å²) in [4.78, 5) is 33.1. The lowest BCUT2D eigenvalue weighted by Gasteiger charge is -2.48. The molecule has 0 amide bonds. The number of ether oxygens (including phenoxy) is 6. The van der Waals surface area contributed by atoms with E-state index in [0.717, 1.165) is 0 Å². The highest BCUT2D eigenvalue weighted by atomic mass is 17.0. The first-order valence-electron chi connectivity index (χ1n) is 19.6. The largest absolute Gasteiger partial charge is 0.459 e. The van der Waals surface area contributed by atoms with E-state index in [4.69, 9.17) is 33.3 Å². The first-order valence-corrected chi connectivity index (χ1v) is 19.6. The second-order valence-corrected chi connectivity index (χ2v) is 17.1. The fraction of sp³-hybridized carbons (Fsp3) is 0.974. The van der Waals surface area contributed by atoms with E-state index >= 15 is 0 Å². The first kappa shape index (κ1) is 46.7. The zero-order chi connectivity index (χ0) is 41.1. The van der Waals surface area contributed by atoms with Crippen LogP contribution in [0.3, 0.4) is 0 Å². The minimum absolute atomic E-state index is 0.0852. The molecule has 0 radical (unpaired) electrons. The summed E-state index contributed by atoms with van der Waals surface area (Å²) in [5.41, 5.74) is -4.56. The summed E-state index contributed by atoms with van der Waals surface area (Å²) in [6, 6.07) is -0.580. The van der Waals surface area contributed by atoms with Crippen LogP contribution in [-0.2, 0) is 38.1 Å². The molecule has 0 aromatic carbocycles. The van der Waals surface area contributed by atoms with Gasteiger partial charge in [-0.1, -0.05) is 34.1 Å². The summed E-state index contributed by atoms with van der Waals surface area (Å²) in [7, 11) is 3.29. The Morgan fingerprint density at radius 2 is 1.57 bits per heavy atom. The lowest BCUT2D eigenvalue weighted by Crippen LogP contribution is -2.59. The maximum Gasteiger partial charge on any atom is 0.311 e. The van der Waals surface area contributed by atoms with Gasteiger partial charge in [0.25, 0.3) is 5.09 Å². The molecule has 3 saturated heterocycles. The number of aliphatic hydroxyl groups is 4. The molecule has 16 nitrogen and oxygen atoms in total. The SMILES string of the molecule is CCC1C[C@@H](C)O[C@@H](O[C@@H]2[C@@H](C)[C@H](O[C@H]3C[C@@](C)(OC)[C@@H](O)[C@H](C)O3)[C@@H](C)C(=O)O[C@H](CC)[C@@](C)(O)[C@H](O)[C@@H](C)N(C)C[C@H](C)C[C@@]2(C)O)[C@@H]1O[N+](=O)[O-]. The van der Waals surface area contributed by atoms with Crippen molar-refractivity contribution in [3.8, 4) is 0 Å². The lowest BCUT2D eigenvalue weighted by atomic mass is 9.77. The van der Waals surface area contributed by atoms with Crippen molar-refractivity contribution in [1.82, 2.24) is 4.90 Å². The number of hydrogen-bond donors (Lipinski definition) is 4. The van der Waals surface area contributed by atoms with Gasteiger partial charge >= 0.3 is 5.97 Å². The number of hydrogen-bond acceptors (Lipinski definition) is 15. The number of carbonyl (C=O) groups is 1. The number of rotatable bonds is 9. The molecule has 0 saturated carbocycles. The van der Waals surface area contributed by atoms with Crippen LogP contribution < -0.4 is 0 Å². The second kappa shape index (κ2) is 18.7. The van der Waals surface area contributed by atoms with Crippen molar-refractivity contribution in [2.75, 3.05) is 20.7 Å². The van der Waals surface area contributed by atoms with E-state index in [1.165, 1.54) is 14.0 Å². The zero-order valence-corrected chi connectivity index (χ0v) is 34.7. The number of aliphatic hydroxyl groups excluding tert-OH is 2. The van der Waals surface area contributed by atoms with Crippen molar-refractivity contribution in [3.63, 3.8) is 0 Å². The van der Waals surface area contributed by atoms with Gasteiger partial charge in [-0.25, -0.2) is 0 Å². The Bertz CT molecular complexity index is 1220. The summed E-state index contributed by atoms with van der Waals surface area (Å²) >= 11 is 0. The molecule has 3 fully saturated rings. The predicted octanol–water partition coefficient (Wildman–Crippen LogP) is 3.21. The van der Waals surface area contributed by atoms with Crippen molar-refractivity contribution in [3.05, 3.63) is 10.1 Å². The molecule has 3 heterocycles. The molecule has 3 aliphatic rings. The molecule has 3 rings (SSSR count). The van der Waals surface area contributed by atoms with Crippen molar-refractivity contribution in [1.29, 1.82) is 0 Å². The molecule has 3 aliphatic heterocycles. The summed E-state index contributed by atoms with van der Waals surface area (Å²) in [6.07, 6.45) is -8.62. The van der Waals surface area contributed by atoms with Crippen molar-refractivity contribution in [2.45, 2.75) is 193 Å². The number of esters is 1. The topological polar surface area (TPSA) is 209 Å². The minimum Gasteiger partial charge on any atom is -0.459 e. The highest BCUT2D eigenvalue weighted by molar-refractivity contribution is 5.73. The van der Waals surface area contributed by atoms with Gasteiger partial charge in [0, 0.05) is 32.0 Å². The normalized spacial score (nSPS) is 47.9. The maximum absolute atomic E-state index is 14.2. The summed E-state index contributed by atoms with van der Waals surface area (Å²) in [5, 5.41) is 57.6. The van der Waals surface area contributed by atoms with Crippen LogP contribution in [0.2, 0.25) is 0 Å². The molecule has 0 spiro atoms. The summed E-state index contributed by atoms with van der Waals surface area (Å²) in [5.74, 6) is -3.17. The molecule has 1 unspecified atom stereocenters. The lowest BCUT2D eigenvalue weighted by molar-refractivity contribution is -0.776. The molecular formula is C38H70N2O14. The van der Waals surface area contributed by atoms with E-state index < -0.39 is 101 Å². The number of cyclic esters (lactones) is 1. The highest BCUT2D eigenvalue weighted by Gasteiger charge is 2.53. The third-order valence-electron chi connectivity index (χ3n) is 12.4. The van der Waals surface area contributed by atoms with Gasteiger partial charge in [-0.05, 0) is 86.6 Å². The predicted molar refractivity (Wildman–Crippen MR) is 196 cm³/mol. The van der Waals surface area contributed by atoms with Crippen LogP contribution in [0.4, 0.5) is 0 Å². The van der Waals surface area contributed by atoms with Gasteiger partial charge < -0.3 is 58.6 Å². The first-order chi connectivity index (χ1) is 24.9. The van der Waals surface area contributed by atoms with Crippen molar-refractivity contribution < 1.29 is 63.6 Å². The Kier molecular flexibility index (Phi) is 16.1. The van der Waals surface area contributed by atoms with Crippen LogP contribution in [0, 0.1) is 33.8 Å². The molecule has 16 heteroatoms. The van der Waals surface area contributed by atoms with E-state index in [-0.39, 0.29) is 37.2 Å². The molecule has 0 aromatic rings. The smallest absolute Gasteiger partial charge is 0.311 e. The molecule has 18 atom stereocenters. The fourth-order valence-corrected chi connectivity index (χ4v) is 8.97.